The molecule has 8 nitrogen and oxygen atoms in total. The van der Waals surface area contributed by atoms with Crippen molar-refractivity contribution in [2.45, 2.75) is 57.1 Å². The summed E-state index contributed by atoms with van der Waals surface area (Å²) in [5.74, 6) is -2.35. The molecule has 3 aromatic rings. The van der Waals surface area contributed by atoms with Crippen LogP contribution in [-0.2, 0) is 43.7 Å². The normalized spacial score (nSPS) is 22.6. The van der Waals surface area contributed by atoms with Gasteiger partial charge in [0.05, 0.1) is 6.61 Å². The molecule has 0 unspecified atom stereocenters. The average Bonchev–Trinajstić information content (AvgIpc) is 2.94. The first-order valence-corrected chi connectivity index (χ1v) is 12.8. The molecule has 1 heterocycles. The van der Waals surface area contributed by atoms with E-state index in [2.05, 4.69) is 0 Å². The van der Waals surface area contributed by atoms with Gasteiger partial charge in [-0.15, -0.1) is 0 Å². The maximum atomic E-state index is 15.5. The van der Waals surface area contributed by atoms with Crippen LogP contribution < -0.4 is 0 Å². The quantitative estimate of drug-likeness (QED) is 0.219. The Morgan fingerprint density at radius 3 is 1.48 bits per heavy atom. The van der Waals surface area contributed by atoms with Gasteiger partial charge in [-0.1, -0.05) is 91.0 Å². The molecule has 0 saturated carbocycles. The van der Waals surface area contributed by atoms with E-state index < -0.39 is 54.3 Å². The summed E-state index contributed by atoms with van der Waals surface area (Å²) >= 11 is 0. The largest absolute Gasteiger partial charge is 0.456 e. The van der Waals surface area contributed by atoms with Gasteiger partial charge in [0.15, 0.2) is 12.2 Å². The highest BCUT2D eigenvalue weighted by Gasteiger charge is 2.53. The van der Waals surface area contributed by atoms with Gasteiger partial charge in [-0.05, 0) is 16.7 Å². The van der Waals surface area contributed by atoms with Crippen molar-refractivity contribution in [2.24, 2.45) is 0 Å². The van der Waals surface area contributed by atoms with Crippen molar-refractivity contribution in [2.75, 3.05) is 6.61 Å². The molecule has 1 aliphatic heterocycles. The zero-order chi connectivity index (χ0) is 28.7. The van der Waals surface area contributed by atoms with Gasteiger partial charge in [-0.2, -0.15) is 0 Å². The van der Waals surface area contributed by atoms with Crippen LogP contribution in [0.1, 0.15) is 37.5 Å². The molecule has 1 fully saturated rings. The number of alkyl halides is 1. The van der Waals surface area contributed by atoms with Crippen molar-refractivity contribution in [1.29, 1.82) is 0 Å². The van der Waals surface area contributed by atoms with Crippen molar-refractivity contribution in [3.05, 3.63) is 108 Å². The van der Waals surface area contributed by atoms with Gasteiger partial charge in [0, 0.05) is 20.8 Å². The third-order valence-corrected chi connectivity index (χ3v) is 6.46. The predicted octanol–water partition coefficient (Wildman–Crippen LogP) is 4.48. The van der Waals surface area contributed by atoms with Crippen LogP contribution in [0.4, 0.5) is 4.39 Å². The Bertz CT molecular complexity index is 1190. The van der Waals surface area contributed by atoms with Gasteiger partial charge < -0.3 is 23.7 Å². The number of carbonyl (C=O) groups excluding carboxylic acids is 3. The van der Waals surface area contributed by atoms with E-state index in [4.69, 9.17) is 23.7 Å². The van der Waals surface area contributed by atoms with Crippen LogP contribution >= 0.6 is 0 Å². The summed E-state index contributed by atoms with van der Waals surface area (Å²) in [7, 11) is 0. The predicted molar refractivity (Wildman–Crippen MR) is 142 cm³/mol. The number of carbonyl (C=O) groups is 3. The Kier molecular flexibility index (Phi) is 9.29. The lowest BCUT2D eigenvalue weighted by atomic mass is 9.80. The number of esters is 3. The minimum Gasteiger partial charge on any atom is -0.456 e. The van der Waals surface area contributed by atoms with Crippen LogP contribution in [0.3, 0.4) is 0 Å². The zero-order valence-electron chi connectivity index (χ0n) is 22.4. The first-order chi connectivity index (χ1) is 19.2. The number of rotatable bonds is 9. The van der Waals surface area contributed by atoms with Crippen LogP contribution in [0.5, 0.6) is 0 Å². The Balaban J connectivity index is 1.80. The number of benzene rings is 3. The molecule has 5 atom stereocenters. The third kappa shape index (κ3) is 6.38. The first-order valence-electron chi connectivity index (χ1n) is 12.8. The lowest BCUT2D eigenvalue weighted by molar-refractivity contribution is -0.288. The SMILES string of the molecule is CC(=O)O[C@H]1O[C@H](COC(c2ccccc2)(c2ccccc2)c2ccccc2)[C@@H](OC(C)=O)[C@H](OC(C)=O)[C@H]1F. The summed E-state index contributed by atoms with van der Waals surface area (Å²) in [6, 6.07) is 28.5. The summed E-state index contributed by atoms with van der Waals surface area (Å²) in [6.07, 6.45) is -8.01. The fourth-order valence-electron chi connectivity index (χ4n) is 4.90. The van der Waals surface area contributed by atoms with Gasteiger partial charge in [-0.3, -0.25) is 14.4 Å². The summed E-state index contributed by atoms with van der Waals surface area (Å²) in [5.41, 5.74) is 1.21. The van der Waals surface area contributed by atoms with E-state index in [0.717, 1.165) is 37.5 Å². The van der Waals surface area contributed by atoms with E-state index in [1.54, 1.807) is 0 Å². The molecule has 0 radical (unpaired) electrons. The highest BCUT2D eigenvalue weighted by molar-refractivity contribution is 5.68. The number of hydrogen-bond acceptors (Lipinski definition) is 8. The zero-order valence-corrected chi connectivity index (χ0v) is 22.4. The highest BCUT2D eigenvalue weighted by Crippen LogP contribution is 2.41. The van der Waals surface area contributed by atoms with Crippen LogP contribution in [-0.4, -0.2) is 55.3 Å². The molecule has 0 bridgehead atoms. The summed E-state index contributed by atoms with van der Waals surface area (Å²) in [4.78, 5) is 35.7. The Labute approximate surface area is 232 Å². The molecule has 40 heavy (non-hydrogen) atoms. The Morgan fingerprint density at radius 2 is 1.07 bits per heavy atom. The number of hydrogen-bond donors (Lipinski definition) is 0. The van der Waals surface area contributed by atoms with Gasteiger partial charge in [0.1, 0.15) is 11.7 Å². The van der Waals surface area contributed by atoms with Crippen LogP contribution in [0.2, 0.25) is 0 Å². The van der Waals surface area contributed by atoms with Crippen molar-refractivity contribution in [3.63, 3.8) is 0 Å². The smallest absolute Gasteiger partial charge is 0.305 e. The molecule has 0 amide bonds. The lowest BCUT2D eigenvalue weighted by Gasteiger charge is -2.43. The molecule has 1 saturated heterocycles. The first kappa shape index (κ1) is 28.9. The molecule has 0 spiro atoms. The monoisotopic (exact) mass is 550 g/mol. The van der Waals surface area contributed by atoms with Gasteiger partial charge >= 0.3 is 17.9 Å². The summed E-state index contributed by atoms with van der Waals surface area (Å²) in [6.45, 7) is 3.09. The second kappa shape index (κ2) is 12.8. The second-order valence-corrected chi connectivity index (χ2v) is 9.34. The minimum atomic E-state index is -2.12. The summed E-state index contributed by atoms with van der Waals surface area (Å²) in [5, 5.41) is 0. The Hall–Kier alpha value is -4.08. The van der Waals surface area contributed by atoms with Gasteiger partial charge in [0.25, 0.3) is 0 Å². The van der Waals surface area contributed by atoms with Gasteiger partial charge in [0.2, 0.25) is 12.5 Å². The fourth-order valence-corrected chi connectivity index (χ4v) is 4.90. The third-order valence-electron chi connectivity index (χ3n) is 6.46. The van der Waals surface area contributed by atoms with Crippen LogP contribution in [0.25, 0.3) is 0 Å². The van der Waals surface area contributed by atoms with E-state index in [1.165, 1.54) is 0 Å². The van der Waals surface area contributed by atoms with E-state index >= 15 is 4.39 Å². The molecular weight excluding hydrogens is 519 g/mol. The highest BCUT2D eigenvalue weighted by atomic mass is 19.1. The van der Waals surface area contributed by atoms with Crippen LogP contribution in [0.15, 0.2) is 91.0 Å². The van der Waals surface area contributed by atoms with E-state index in [0.29, 0.717) is 0 Å². The molecule has 210 valence electrons. The lowest BCUT2D eigenvalue weighted by Crippen LogP contribution is -2.61. The molecule has 1 aliphatic rings. The number of halogens is 1. The molecule has 0 N–H and O–H groups in total. The van der Waals surface area contributed by atoms with Crippen molar-refractivity contribution < 1.29 is 42.5 Å². The topological polar surface area (TPSA) is 97.4 Å². The summed E-state index contributed by atoms with van der Waals surface area (Å²) < 4.78 is 43.8. The van der Waals surface area contributed by atoms with E-state index in [-0.39, 0.29) is 6.61 Å². The van der Waals surface area contributed by atoms with Crippen molar-refractivity contribution in [1.82, 2.24) is 0 Å². The van der Waals surface area contributed by atoms with E-state index in [9.17, 15) is 14.4 Å². The Morgan fingerprint density at radius 1 is 0.675 bits per heavy atom. The molecule has 0 aliphatic carbocycles. The fraction of sp³-hybridized carbons (Fsp3) is 0.323. The van der Waals surface area contributed by atoms with Gasteiger partial charge in [-0.25, -0.2) is 4.39 Å². The molecular formula is C31H31FO8. The molecule has 9 heteroatoms. The maximum Gasteiger partial charge on any atom is 0.305 e. The average molecular weight is 551 g/mol. The minimum absolute atomic E-state index is 0.265. The number of ether oxygens (including phenoxy) is 5. The van der Waals surface area contributed by atoms with E-state index in [1.807, 2.05) is 91.0 Å². The molecule has 4 rings (SSSR count). The second-order valence-electron chi connectivity index (χ2n) is 9.34. The van der Waals surface area contributed by atoms with Crippen molar-refractivity contribution >= 4 is 17.9 Å². The standard InChI is InChI=1S/C31H31FO8/c1-20(33)37-28-26(40-30(39-22(3)35)27(32)29(28)38-21(2)34)19-36-31(23-13-7-4-8-14-23,24-15-9-5-10-16-24)25-17-11-6-12-18-25/h4-18,26-30H,19H2,1-3H3/t26-,27-,28-,29-,30+/m1/s1. The molecule has 3 aromatic carbocycles. The van der Waals surface area contributed by atoms with Crippen molar-refractivity contribution in [3.8, 4) is 0 Å². The molecule has 0 aromatic heterocycles. The maximum absolute atomic E-state index is 15.5. The van der Waals surface area contributed by atoms with Crippen LogP contribution in [0, 0.1) is 0 Å².